The van der Waals surface area contributed by atoms with Crippen LogP contribution < -0.4 is 10.2 Å². The number of carbonyl (C=O) groups is 1. The average Bonchev–Trinajstić information content (AvgIpc) is 3.43. The summed E-state index contributed by atoms with van der Waals surface area (Å²) < 4.78 is 25.8. The van der Waals surface area contributed by atoms with Gasteiger partial charge in [-0.1, -0.05) is 76.2 Å². The standard InChI is InChI=1S/C29H34N6O3S/c1-20(2)17-35(18-21(3)4)27-15-14-22(24-12-8-9-13-25(24)29-31-33-34-32-29)16-26(27)30-28(36)19-39(37,38)23-10-6-5-7-11-23/h5-16,20-21H,17-19H2,1-4H3,(H,30,36)(H,31,32,33,34). The number of anilines is 2. The number of hydrogen-bond acceptors (Lipinski definition) is 7. The molecule has 1 aromatic heterocycles. The zero-order valence-electron chi connectivity index (χ0n) is 22.6. The number of nitrogens with zero attached hydrogens (tertiary/aromatic N) is 4. The number of nitrogens with one attached hydrogen (secondary N) is 2. The summed E-state index contributed by atoms with van der Waals surface area (Å²) in [7, 11) is -3.80. The topological polar surface area (TPSA) is 121 Å². The summed E-state index contributed by atoms with van der Waals surface area (Å²) in [6.45, 7) is 10.1. The van der Waals surface area contributed by atoms with Crippen molar-refractivity contribution in [1.29, 1.82) is 0 Å². The maximum Gasteiger partial charge on any atom is 0.240 e. The van der Waals surface area contributed by atoms with E-state index >= 15 is 0 Å². The summed E-state index contributed by atoms with van der Waals surface area (Å²) >= 11 is 0. The van der Waals surface area contributed by atoms with Gasteiger partial charge in [0.25, 0.3) is 0 Å². The van der Waals surface area contributed by atoms with Crippen LogP contribution in [-0.2, 0) is 14.6 Å². The van der Waals surface area contributed by atoms with Crippen molar-refractivity contribution >= 4 is 27.1 Å². The molecule has 0 atom stereocenters. The van der Waals surface area contributed by atoms with Crippen molar-refractivity contribution in [1.82, 2.24) is 20.6 Å². The van der Waals surface area contributed by atoms with Crippen molar-refractivity contribution < 1.29 is 13.2 Å². The molecule has 1 heterocycles. The van der Waals surface area contributed by atoms with Gasteiger partial charge < -0.3 is 10.2 Å². The van der Waals surface area contributed by atoms with Crippen molar-refractivity contribution in [3.63, 3.8) is 0 Å². The number of aromatic amines is 1. The Kier molecular flexibility index (Phi) is 8.75. The Morgan fingerprint density at radius 1 is 0.897 bits per heavy atom. The molecular formula is C29H34N6O3S. The Balaban J connectivity index is 1.75. The van der Waals surface area contributed by atoms with Gasteiger partial charge in [0, 0.05) is 18.7 Å². The van der Waals surface area contributed by atoms with Gasteiger partial charge in [0.2, 0.25) is 5.91 Å². The third-order valence-corrected chi connectivity index (χ3v) is 7.68. The van der Waals surface area contributed by atoms with Crippen LogP contribution in [-0.4, -0.2) is 53.8 Å². The minimum absolute atomic E-state index is 0.116. The number of benzene rings is 3. The highest BCUT2D eigenvalue weighted by atomic mass is 32.2. The highest BCUT2D eigenvalue weighted by Gasteiger charge is 2.22. The predicted octanol–water partition coefficient (Wildman–Crippen LogP) is 5.06. The molecule has 0 aliphatic heterocycles. The van der Waals surface area contributed by atoms with E-state index in [-0.39, 0.29) is 4.90 Å². The first-order chi connectivity index (χ1) is 18.6. The second-order valence-corrected chi connectivity index (χ2v) is 12.3. The summed E-state index contributed by atoms with van der Waals surface area (Å²) in [5.74, 6) is 0.0275. The first kappa shape index (κ1) is 28.0. The quantitative estimate of drug-likeness (QED) is 0.270. The maximum absolute atomic E-state index is 13.2. The van der Waals surface area contributed by atoms with E-state index < -0.39 is 21.5 Å². The molecule has 0 unspecified atom stereocenters. The molecule has 0 fully saturated rings. The van der Waals surface area contributed by atoms with E-state index in [1.54, 1.807) is 18.2 Å². The SMILES string of the molecule is CC(C)CN(CC(C)C)c1ccc(-c2ccccc2-c2nnn[nH]2)cc1NC(=O)CS(=O)(=O)c1ccccc1. The second-order valence-electron chi connectivity index (χ2n) is 10.3. The summed E-state index contributed by atoms with van der Waals surface area (Å²) in [6, 6.07) is 21.6. The minimum Gasteiger partial charge on any atom is -0.369 e. The molecule has 0 spiro atoms. The summed E-state index contributed by atoms with van der Waals surface area (Å²) in [6.07, 6.45) is 0. The molecule has 204 valence electrons. The lowest BCUT2D eigenvalue weighted by molar-refractivity contribution is -0.113. The highest BCUT2D eigenvalue weighted by Crippen LogP contribution is 2.36. The van der Waals surface area contributed by atoms with E-state index in [9.17, 15) is 13.2 Å². The summed E-state index contributed by atoms with van der Waals surface area (Å²) in [5.41, 5.74) is 3.90. The van der Waals surface area contributed by atoms with Crippen LogP contribution in [0.1, 0.15) is 27.7 Å². The fourth-order valence-corrected chi connectivity index (χ4v) is 5.67. The number of amides is 1. The van der Waals surface area contributed by atoms with Crippen molar-refractivity contribution in [2.24, 2.45) is 11.8 Å². The van der Waals surface area contributed by atoms with Gasteiger partial charge in [0.15, 0.2) is 15.7 Å². The number of sulfone groups is 1. The maximum atomic E-state index is 13.2. The number of H-pyrrole nitrogens is 1. The number of hydrogen-bond donors (Lipinski definition) is 2. The van der Waals surface area contributed by atoms with E-state index in [1.807, 2.05) is 42.5 Å². The number of carbonyl (C=O) groups excluding carboxylic acids is 1. The van der Waals surface area contributed by atoms with E-state index in [0.29, 0.717) is 23.3 Å². The van der Waals surface area contributed by atoms with E-state index in [0.717, 1.165) is 35.5 Å². The van der Waals surface area contributed by atoms with Gasteiger partial charge in [-0.3, -0.25) is 4.79 Å². The Bertz CT molecular complexity index is 1490. The van der Waals surface area contributed by atoms with Crippen LogP contribution in [0.3, 0.4) is 0 Å². The van der Waals surface area contributed by atoms with Crippen LogP contribution in [0.4, 0.5) is 11.4 Å². The normalized spacial score (nSPS) is 11.6. The summed E-state index contributed by atoms with van der Waals surface area (Å²) in [5, 5.41) is 17.2. The predicted molar refractivity (Wildman–Crippen MR) is 154 cm³/mol. The molecule has 0 radical (unpaired) electrons. The van der Waals surface area contributed by atoms with Gasteiger partial charge in [-0.2, -0.15) is 0 Å². The molecule has 10 heteroatoms. The van der Waals surface area contributed by atoms with Crippen LogP contribution in [0.15, 0.2) is 77.7 Å². The fourth-order valence-electron chi connectivity index (χ4n) is 4.52. The molecule has 0 aliphatic carbocycles. The van der Waals surface area contributed by atoms with Crippen molar-refractivity contribution in [3.05, 3.63) is 72.8 Å². The Morgan fingerprint density at radius 3 is 2.15 bits per heavy atom. The smallest absolute Gasteiger partial charge is 0.240 e. The molecule has 9 nitrogen and oxygen atoms in total. The zero-order valence-corrected chi connectivity index (χ0v) is 23.4. The van der Waals surface area contributed by atoms with E-state index in [4.69, 9.17) is 0 Å². The average molecular weight is 547 g/mol. The third-order valence-electron chi connectivity index (χ3n) is 6.04. The van der Waals surface area contributed by atoms with Crippen LogP contribution in [0.25, 0.3) is 22.5 Å². The first-order valence-corrected chi connectivity index (χ1v) is 14.6. The monoisotopic (exact) mass is 546 g/mol. The van der Waals surface area contributed by atoms with Crippen molar-refractivity contribution in [2.75, 3.05) is 29.1 Å². The van der Waals surface area contributed by atoms with Crippen LogP contribution in [0.5, 0.6) is 0 Å². The van der Waals surface area contributed by atoms with Crippen molar-refractivity contribution in [3.8, 4) is 22.5 Å². The van der Waals surface area contributed by atoms with Gasteiger partial charge in [-0.05, 0) is 57.7 Å². The van der Waals surface area contributed by atoms with Gasteiger partial charge in [0.1, 0.15) is 5.75 Å². The molecule has 0 aliphatic rings. The van der Waals surface area contributed by atoms with Gasteiger partial charge in [-0.25, -0.2) is 13.5 Å². The first-order valence-electron chi connectivity index (χ1n) is 12.9. The van der Waals surface area contributed by atoms with Gasteiger partial charge >= 0.3 is 0 Å². The molecule has 1 amide bonds. The van der Waals surface area contributed by atoms with E-state index in [2.05, 4.69) is 58.5 Å². The van der Waals surface area contributed by atoms with Crippen molar-refractivity contribution in [2.45, 2.75) is 32.6 Å². The Morgan fingerprint density at radius 2 is 1.54 bits per heavy atom. The molecule has 0 bridgehead atoms. The molecule has 4 aromatic rings. The third kappa shape index (κ3) is 7.08. The van der Waals surface area contributed by atoms with Gasteiger partial charge in [-0.15, -0.1) is 5.10 Å². The van der Waals surface area contributed by atoms with Crippen LogP contribution in [0, 0.1) is 11.8 Å². The molecule has 0 saturated carbocycles. The molecule has 3 aromatic carbocycles. The van der Waals surface area contributed by atoms with Crippen LogP contribution >= 0.6 is 0 Å². The lowest BCUT2D eigenvalue weighted by Gasteiger charge is -2.31. The Labute approximate surface area is 229 Å². The number of aromatic nitrogens is 4. The molecule has 2 N–H and O–H groups in total. The molecule has 39 heavy (non-hydrogen) atoms. The minimum atomic E-state index is -3.80. The largest absolute Gasteiger partial charge is 0.369 e. The molecule has 0 saturated heterocycles. The zero-order chi connectivity index (χ0) is 28.0. The van der Waals surface area contributed by atoms with E-state index in [1.165, 1.54) is 12.1 Å². The number of tetrazole rings is 1. The second kappa shape index (κ2) is 12.2. The lowest BCUT2D eigenvalue weighted by atomic mass is 9.97. The summed E-state index contributed by atoms with van der Waals surface area (Å²) in [4.78, 5) is 15.5. The van der Waals surface area contributed by atoms with Crippen LogP contribution in [0.2, 0.25) is 0 Å². The lowest BCUT2D eigenvalue weighted by Crippen LogP contribution is -2.32. The fraction of sp³-hybridized carbons (Fsp3) is 0.310. The number of rotatable bonds is 11. The molecular weight excluding hydrogens is 512 g/mol. The highest BCUT2D eigenvalue weighted by molar-refractivity contribution is 7.92. The van der Waals surface area contributed by atoms with Gasteiger partial charge in [0.05, 0.1) is 16.3 Å². The Hall–Kier alpha value is -4.05. The molecule has 4 rings (SSSR count).